The van der Waals surface area contributed by atoms with Gasteiger partial charge in [-0.2, -0.15) is 0 Å². The van der Waals surface area contributed by atoms with E-state index in [4.69, 9.17) is 14.2 Å². The fraction of sp³-hybridized carbons (Fsp3) is 0.770. The maximum absolute atomic E-state index is 12.9. The van der Waals surface area contributed by atoms with Gasteiger partial charge in [-0.15, -0.1) is 0 Å². The Kier molecular flexibility index (Phi) is 65.2. The minimum absolute atomic E-state index is 0.0829. The van der Waals surface area contributed by atoms with Gasteiger partial charge in [-0.05, 0) is 122 Å². The fourth-order valence-electron chi connectivity index (χ4n) is 9.87. The molecule has 0 aromatic heterocycles. The minimum atomic E-state index is -0.788. The summed E-state index contributed by atoms with van der Waals surface area (Å²) in [6.07, 6.45) is 90.3. The number of allylic oxidation sites excluding steroid dienone is 14. The van der Waals surface area contributed by atoms with Crippen LogP contribution in [0.25, 0.3) is 0 Å². The van der Waals surface area contributed by atoms with E-state index in [1.807, 2.05) is 0 Å². The highest BCUT2D eigenvalue weighted by Gasteiger charge is 2.19. The lowest BCUT2D eigenvalue weighted by atomic mass is 10.0. The molecular formula is C74H130O6. The van der Waals surface area contributed by atoms with Crippen LogP contribution in [0.15, 0.2) is 85.1 Å². The Morgan fingerprint density at radius 2 is 0.450 bits per heavy atom. The summed E-state index contributed by atoms with van der Waals surface area (Å²) in [4.78, 5) is 38.4. The normalized spacial score (nSPS) is 12.6. The highest BCUT2D eigenvalue weighted by molar-refractivity contribution is 5.71. The number of ether oxygens (including phenoxy) is 3. The number of unbranched alkanes of at least 4 members (excludes halogenated alkanes) is 38. The van der Waals surface area contributed by atoms with Crippen LogP contribution < -0.4 is 0 Å². The van der Waals surface area contributed by atoms with Crippen LogP contribution in [-0.4, -0.2) is 37.2 Å². The lowest BCUT2D eigenvalue weighted by molar-refractivity contribution is -0.167. The first-order valence-electron chi connectivity index (χ1n) is 34.6. The lowest BCUT2D eigenvalue weighted by Gasteiger charge is -2.18. The van der Waals surface area contributed by atoms with Crippen molar-refractivity contribution in [2.24, 2.45) is 0 Å². The van der Waals surface area contributed by atoms with Gasteiger partial charge >= 0.3 is 17.9 Å². The Morgan fingerprint density at radius 1 is 0.250 bits per heavy atom. The zero-order valence-electron chi connectivity index (χ0n) is 53.1. The molecule has 0 rings (SSSR count). The van der Waals surface area contributed by atoms with Crippen LogP contribution in [0.5, 0.6) is 0 Å². The molecule has 0 saturated carbocycles. The Labute approximate surface area is 496 Å². The average molecular weight is 1120 g/mol. The third-order valence-corrected chi connectivity index (χ3v) is 15.1. The van der Waals surface area contributed by atoms with Gasteiger partial charge in [-0.25, -0.2) is 0 Å². The lowest BCUT2D eigenvalue weighted by Crippen LogP contribution is -2.30. The predicted molar refractivity (Wildman–Crippen MR) is 348 cm³/mol. The van der Waals surface area contributed by atoms with Gasteiger partial charge in [-0.1, -0.05) is 292 Å². The molecule has 1 unspecified atom stereocenters. The van der Waals surface area contributed by atoms with Crippen LogP contribution in [0, 0.1) is 0 Å². The van der Waals surface area contributed by atoms with Gasteiger partial charge in [-0.3, -0.25) is 14.4 Å². The SMILES string of the molecule is CCCCC/C=C\C/C=C\CCCCCCCC(=O)OCC(COC(=O)CCCCCCCCCCCCCCCC/C=C\C/C=C\C/C=C\CCCCCCC)OC(=O)CCCCCCCCC/C=C\C/C=C\CCCCCC. The van der Waals surface area contributed by atoms with Crippen molar-refractivity contribution in [1.29, 1.82) is 0 Å². The number of carbonyl (C=O) groups excluding carboxylic acids is 3. The first-order chi connectivity index (χ1) is 39.5. The van der Waals surface area contributed by atoms with E-state index in [1.54, 1.807) is 0 Å². The van der Waals surface area contributed by atoms with Crippen molar-refractivity contribution < 1.29 is 28.6 Å². The summed E-state index contributed by atoms with van der Waals surface area (Å²) < 4.78 is 17.0. The first-order valence-corrected chi connectivity index (χ1v) is 34.6. The van der Waals surface area contributed by atoms with Crippen LogP contribution in [0.4, 0.5) is 0 Å². The molecule has 0 saturated heterocycles. The summed E-state index contributed by atoms with van der Waals surface area (Å²) in [5, 5.41) is 0. The maximum Gasteiger partial charge on any atom is 0.306 e. The molecule has 6 heteroatoms. The molecular weight excluding hydrogens is 985 g/mol. The maximum atomic E-state index is 12.9. The van der Waals surface area contributed by atoms with Gasteiger partial charge in [0, 0.05) is 19.3 Å². The largest absolute Gasteiger partial charge is 0.462 e. The molecule has 0 amide bonds. The molecule has 0 spiro atoms. The topological polar surface area (TPSA) is 78.9 Å². The summed E-state index contributed by atoms with van der Waals surface area (Å²) in [6.45, 7) is 6.61. The van der Waals surface area contributed by atoms with E-state index in [0.29, 0.717) is 19.3 Å². The van der Waals surface area contributed by atoms with E-state index in [0.717, 1.165) is 103 Å². The number of hydrogen-bond donors (Lipinski definition) is 0. The van der Waals surface area contributed by atoms with Crippen LogP contribution in [0.2, 0.25) is 0 Å². The second-order valence-corrected chi connectivity index (χ2v) is 23.1. The van der Waals surface area contributed by atoms with E-state index in [9.17, 15) is 14.4 Å². The predicted octanol–water partition coefficient (Wildman–Crippen LogP) is 23.8. The zero-order valence-corrected chi connectivity index (χ0v) is 53.1. The number of rotatable bonds is 63. The Bertz CT molecular complexity index is 1520. The van der Waals surface area contributed by atoms with Crippen molar-refractivity contribution >= 4 is 17.9 Å². The smallest absolute Gasteiger partial charge is 0.306 e. The summed E-state index contributed by atoms with van der Waals surface area (Å²) in [6, 6.07) is 0. The van der Waals surface area contributed by atoms with Crippen molar-refractivity contribution in [2.45, 2.75) is 354 Å². The number of hydrogen-bond acceptors (Lipinski definition) is 6. The summed E-state index contributed by atoms with van der Waals surface area (Å²) in [7, 11) is 0. The minimum Gasteiger partial charge on any atom is -0.462 e. The van der Waals surface area contributed by atoms with E-state index in [2.05, 4.69) is 106 Å². The molecule has 462 valence electrons. The quantitative estimate of drug-likeness (QED) is 0.0261. The van der Waals surface area contributed by atoms with Crippen LogP contribution in [-0.2, 0) is 28.6 Å². The molecule has 0 aliphatic rings. The van der Waals surface area contributed by atoms with Crippen molar-refractivity contribution in [1.82, 2.24) is 0 Å². The van der Waals surface area contributed by atoms with E-state index < -0.39 is 6.10 Å². The zero-order chi connectivity index (χ0) is 57.8. The van der Waals surface area contributed by atoms with E-state index >= 15 is 0 Å². The first kappa shape index (κ1) is 76.6. The molecule has 0 radical (unpaired) electrons. The van der Waals surface area contributed by atoms with Crippen LogP contribution >= 0.6 is 0 Å². The van der Waals surface area contributed by atoms with Crippen molar-refractivity contribution in [3.8, 4) is 0 Å². The molecule has 80 heavy (non-hydrogen) atoms. The Morgan fingerprint density at radius 3 is 0.738 bits per heavy atom. The standard InChI is InChI=1S/C74H130O6/c1-4-7-10-13-16-19-22-25-28-30-32-33-34-35-36-37-38-39-40-41-42-44-46-49-52-55-58-61-64-67-73(76)79-70-71(69-78-72(75)66-63-60-57-54-51-48-45-27-24-21-18-15-12-9-6-3)80-74(77)68-65-62-59-56-53-50-47-43-31-29-26-23-20-17-14-11-8-5-2/h18,20-23,25,27,29-32,34-35,45,71H,4-17,19,24,26,28,33,36-44,46-70H2,1-3H3/b21-18-,23-20-,25-22-,31-29-,32-30-,35-34-,45-27-. The molecule has 0 aliphatic carbocycles. The van der Waals surface area contributed by atoms with Crippen molar-refractivity contribution in [3.63, 3.8) is 0 Å². The second-order valence-electron chi connectivity index (χ2n) is 23.1. The van der Waals surface area contributed by atoms with Crippen LogP contribution in [0.1, 0.15) is 348 Å². The summed E-state index contributed by atoms with van der Waals surface area (Å²) in [5.74, 6) is -0.890. The number of carbonyl (C=O) groups is 3. The fourth-order valence-corrected chi connectivity index (χ4v) is 9.87. The summed E-state index contributed by atoms with van der Waals surface area (Å²) >= 11 is 0. The van der Waals surface area contributed by atoms with Gasteiger partial charge in [0.05, 0.1) is 0 Å². The molecule has 0 aliphatic heterocycles. The molecule has 0 bridgehead atoms. The van der Waals surface area contributed by atoms with Crippen molar-refractivity contribution in [3.05, 3.63) is 85.1 Å². The Hall–Kier alpha value is -3.41. The van der Waals surface area contributed by atoms with Gasteiger partial charge < -0.3 is 14.2 Å². The molecule has 0 aromatic rings. The van der Waals surface area contributed by atoms with Crippen LogP contribution in [0.3, 0.4) is 0 Å². The Balaban J connectivity index is 4.29. The molecule has 1 atom stereocenters. The molecule has 0 fully saturated rings. The van der Waals surface area contributed by atoms with Gasteiger partial charge in [0.15, 0.2) is 6.10 Å². The van der Waals surface area contributed by atoms with Crippen molar-refractivity contribution in [2.75, 3.05) is 13.2 Å². The van der Waals surface area contributed by atoms with E-state index in [1.165, 1.54) is 205 Å². The molecule has 0 N–H and O–H groups in total. The molecule has 0 aromatic carbocycles. The average Bonchev–Trinajstić information content (AvgIpc) is 3.46. The number of esters is 3. The molecule has 0 heterocycles. The molecule has 6 nitrogen and oxygen atoms in total. The highest BCUT2D eigenvalue weighted by atomic mass is 16.6. The van der Waals surface area contributed by atoms with E-state index in [-0.39, 0.29) is 31.1 Å². The van der Waals surface area contributed by atoms with Gasteiger partial charge in [0.25, 0.3) is 0 Å². The third-order valence-electron chi connectivity index (χ3n) is 15.1. The summed E-state index contributed by atoms with van der Waals surface area (Å²) in [5.41, 5.74) is 0. The van der Waals surface area contributed by atoms with Gasteiger partial charge in [0.1, 0.15) is 13.2 Å². The highest BCUT2D eigenvalue weighted by Crippen LogP contribution is 2.17. The third kappa shape index (κ3) is 65.4. The second kappa shape index (κ2) is 68.1. The van der Waals surface area contributed by atoms with Gasteiger partial charge in [0.2, 0.25) is 0 Å². The monoisotopic (exact) mass is 1110 g/mol.